The Morgan fingerprint density at radius 2 is 2.24 bits per heavy atom. The lowest BCUT2D eigenvalue weighted by atomic mass is 10.2. The fraction of sp³-hybridized carbons (Fsp3) is 0.500. The standard InChI is InChI=1S/C12H18N4S/c13-7-3-1-2-6-11-14-12(16-15-11)9-10-5-4-8-17-10/h4-5,8H,1-3,6-7,9,13H2,(H,14,15,16). The van der Waals surface area contributed by atoms with E-state index in [2.05, 4.69) is 32.7 Å². The van der Waals surface area contributed by atoms with Crippen molar-refractivity contribution in [2.24, 2.45) is 5.73 Å². The van der Waals surface area contributed by atoms with Crippen LogP contribution in [0.15, 0.2) is 17.5 Å². The summed E-state index contributed by atoms with van der Waals surface area (Å²) < 4.78 is 0. The Bertz CT molecular complexity index is 421. The predicted molar refractivity (Wildman–Crippen MR) is 70.1 cm³/mol. The minimum atomic E-state index is 0.775. The molecule has 0 aromatic carbocycles. The maximum absolute atomic E-state index is 5.45. The van der Waals surface area contributed by atoms with E-state index in [0.717, 1.165) is 50.3 Å². The van der Waals surface area contributed by atoms with Gasteiger partial charge in [0, 0.05) is 17.7 Å². The van der Waals surface area contributed by atoms with Gasteiger partial charge < -0.3 is 5.73 Å². The molecule has 0 atom stereocenters. The number of aryl methyl sites for hydroxylation is 1. The van der Waals surface area contributed by atoms with Crippen molar-refractivity contribution in [3.8, 4) is 0 Å². The zero-order valence-electron chi connectivity index (χ0n) is 9.85. The first-order valence-corrected chi connectivity index (χ1v) is 6.89. The molecule has 0 radical (unpaired) electrons. The van der Waals surface area contributed by atoms with Crippen LogP contribution < -0.4 is 5.73 Å². The second-order valence-corrected chi connectivity index (χ2v) is 5.09. The maximum Gasteiger partial charge on any atom is 0.150 e. The molecule has 0 aliphatic heterocycles. The molecule has 92 valence electrons. The predicted octanol–water partition coefficient (Wildman–Crippen LogP) is 2.13. The SMILES string of the molecule is NCCCCCc1n[nH]c(Cc2cccs2)n1. The smallest absolute Gasteiger partial charge is 0.150 e. The van der Waals surface area contributed by atoms with E-state index in [9.17, 15) is 0 Å². The van der Waals surface area contributed by atoms with E-state index in [-0.39, 0.29) is 0 Å². The Kier molecular flexibility index (Phi) is 4.70. The minimum Gasteiger partial charge on any atom is -0.330 e. The van der Waals surface area contributed by atoms with Crippen LogP contribution in [0, 0.1) is 0 Å². The van der Waals surface area contributed by atoms with E-state index >= 15 is 0 Å². The van der Waals surface area contributed by atoms with Crippen molar-refractivity contribution in [3.63, 3.8) is 0 Å². The molecule has 0 spiro atoms. The molecule has 5 heteroatoms. The molecule has 0 bridgehead atoms. The van der Waals surface area contributed by atoms with Gasteiger partial charge >= 0.3 is 0 Å². The van der Waals surface area contributed by atoms with E-state index < -0.39 is 0 Å². The van der Waals surface area contributed by atoms with E-state index in [1.165, 1.54) is 4.88 Å². The number of rotatable bonds is 7. The summed E-state index contributed by atoms with van der Waals surface area (Å²) in [6, 6.07) is 4.18. The second kappa shape index (κ2) is 6.51. The number of thiophene rings is 1. The summed E-state index contributed by atoms with van der Waals surface area (Å²) in [7, 11) is 0. The van der Waals surface area contributed by atoms with Gasteiger partial charge in [0.2, 0.25) is 0 Å². The molecule has 2 heterocycles. The number of aromatic nitrogens is 3. The van der Waals surface area contributed by atoms with Gasteiger partial charge in [-0.3, -0.25) is 5.10 Å². The van der Waals surface area contributed by atoms with Gasteiger partial charge in [0.05, 0.1) is 0 Å². The molecule has 2 rings (SSSR count). The van der Waals surface area contributed by atoms with Crippen LogP contribution in [0.5, 0.6) is 0 Å². The van der Waals surface area contributed by atoms with Crippen LogP contribution >= 0.6 is 11.3 Å². The molecule has 3 N–H and O–H groups in total. The van der Waals surface area contributed by atoms with E-state index in [1.54, 1.807) is 11.3 Å². The van der Waals surface area contributed by atoms with Crippen LogP contribution in [0.25, 0.3) is 0 Å². The molecule has 2 aromatic rings. The molecule has 0 aliphatic carbocycles. The van der Waals surface area contributed by atoms with Crippen molar-refractivity contribution in [3.05, 3.63) is 34.0 Å². The number of hydrogen-bond acceptors (Lipinski definition) is 4. The summed E-state index contributed by atoms with van der Waals surface area (Å²) in [5.41, 5.74) is 5.45. The van der Waals surface area contributed by atoms with Crippen molar-refractivity contribution in [2.45, 2.75) is 32.1 Å². The molecular weight excluding hydrogens is 232 g/mol. The molecule has 0 amide bonds. The summed E-state index contributed by atoms with van der Waals surface area (Å²) >= 11 is 1.75. The minimum absolute atomic E-state index is 0.775. The number of nitrogens with one attached hydrogen (secondary N) is 1. The number of H-pyrrole nitrogens is 1. The van der Waals surface area contributed by atoms with Crippen LogP contribution in [-0.2, 0) is 12.8 Å². The highest BCUT2D eigenvalue weighted by atomic mass is 32.1. The number of aromatic amines is 1. The molecule has 2 aromatic heterocycles. The van der Waals surface area contributed by atoms with Crippen LogP contribution in [-0.4, -0.2) is 21.7 Å². The van der Waals surface area contributed by atoms with Crippen LogP contribution in [0.2, 0.25) is 0 Å². The molecule has 17 heavy (non-hydrogen) atoms. The molecule has 0 fully saturated rings. The molecule has 4 nitrogen and oxygen atoms in total. The van der Waals surface area contributed by atoms with Gasteiger partial charge in [-0.15, -0.1) is 11.3 Å². The largest absolute Gasteiger partial charge is 0.330 e. The van der Waals surface area contributed by atoms with Crippen molar-refractivity contribution in [2.75, 3.05) is 6.54 Å². The fourth-order valence-corrected chi connectivity index (χ4v) is 2.42. The molecule has 0 saturated heterocycles. The Labute approximate surface area is 105 Å². The van der Waals surface area contributed by atoms with Gasteiger partial charge in [-0.25, -0.2) is 4.98 Å². The van der Waals surface area contributed by atoms with Gasteiger partial charge in [0.15, 0.2) is 5.82 Å². The first kappa shape index (κ1) is 12.3. The van der Waals surface area contributed by atoms with E-state index in [0.29, 0.717) is 0 Å². The van der Waals surface area contributed by atoms with Crippen molar-refractivity contribution < 1.29 is 0 Å². The summed E-state index contributed by atoms with van der Waals surface area (Å²) in [5.74, 6) is 1.88. The van der Waals surface area contributed by atoms with Gasteiger partial charge in [-0.05, 0) is 30.8 Å². The first-order chi connectivity index (χ1) is 8.38. The Balaban J connectivity index is 1.79. The second-order valence-electron chi connectivity index (χ2n) is 4.05. The number of nitrogens with two attached hydrogens (primary N) is 1. The normalized spacial score (nSPS) is 10.9. The van der Waals surface area contributed by atoms with Crippen LogP contribution in [0.1, 0.15) is 35.8 Å². The lowest BCUT2D eigenvalue weighted by Crippen LogP contribution is -1.98. The number of hydrogen-bond donors (Lipinski definition) is 2. The van der Waals surface area contributed by atoms with Gasteiger partial charge in [-0.2, -0.15) is 5.10 Å². The van der Waals surface area contributed by atoms with Gasteiger partial charge in [0.25, 0.3) is 0 Å². The quantitative estimate of drug-likeness (QED) is 0.740. The third-order valence-electron chi connectivity index (χ3n) is 2.60. The van der Waals surface area contributed by atoms with E-state index in [1.807, 2.05) is 0 Å². The zero-order chi connectivity index (χ0) is 11.9. The average Bonchev–Trinajstić information content (AvgIpc) is 2.97. The summed E-state index contributed by atoms with van der Waals surface area (Å²) in [6.07, 6.45) is 5.17. The van der Waals surface area contributed by atoms with Crippen molar-refractivity contribution in [1.82, 2.24) is 15.2 Å². The topological polar surface area (TPSA) is 67.6 Å². The average molecular weight is 250 g/mol. The lowest BCUT2D eigenvalue weighted by Gasteiger charge is -1.95. The third-order valence-corrected chi connectivity index (χ3v) is 3.48. The number of unbranched alkanes of at least 4 members (excludes halogenated alkanes) is 2. The highest BCUT2D eigenvalue weighted by Gasteiger charge is 2.04. The maximum atomic E-state index is 5.45. The van der Waals surface area contributed by atoms with Crippen LogP contribution in [0.4, 0.5) is 0 Å². The Morgan fingerprint density at radius 1 is 1.29 bits per heavy atom. The summed E-state index contributed by atoms with van der Waals surface area (Å²) in [4.78, 5) is 5.81. The van der Waals surface area contributed by atoms with Gasteiger partial charge in [-0.1, -0.05) is 12.5 Å². The molecular formula is C12H18N4S. The zero-order valence-corrected chi connectivity index (χ0v) is 10.7. The fourth-order valence-electron chi connectivity index (χ4n) is 1.71. The van der Waals surface area contributed by atoms with E-state index in [4.69, 9.17) is 5.73 Å². The van der Waals surface area contributed by atoms with Gasteiger partial charge in [0.1, 0.15) is 5.82 Å². The van der Waals surface area contributed by atoms with Crippen molar-refractivity contribution in [1.29, 1.82) is 0 Å². The summed E-state index contributed by atoms with van der Waals surface area (Å²) in [6.45, 7) is 0.775. The Morgan fingerprint density at radius 3 is 3.00 bits per heavy atom. The highest BCUT2D eigenvalue weighted by molar-refractivity contribution is 7.09. The number of nitrogens with zero attached hydrogens (tertiary/aromatic N) is 2. The first-order valence-electron chi connectivity index (χ1n) is 6.01. The molecule has 0 saturated carbocycles. The van der Waals surface area contributed by atoms with Crippen molar-refractivity contribution >= 4 is 11.3 Å². The molecule has 0 aliphatic rings. The molecule has 0 unspecified atom stereocenters. The van der Waals surface area contributed by atoms with Crippen LogP contribution in [0.3, 0.4) is 0 Å². The highest BCUT2D eigenvalue weighted by Crippen LogP contribution is 2.12. The summed E-state index contributed by atoms with van der Waals surface area (Å²) in [5, 5.41) is 9.32. The monoisotopic (exact) mass is 250 g/mol. The lowest BCUT2D eigenvalue weighted by molar-refractivity contribution is 0.670. The Hall–Kier alpha value is -1.20. The third kappa shape index (κ3) is 3.94.